The molecule has 94 valence electrons. The average molecular weight is 263 g/mol. The van der Waals surface area contributed by atoms with Crippen molar-refractivity contribution in [3.05, 3.63) is 51.9 Å². The zero-order valence-electron chi connectivity index (χ0n) is 10.2. The normalized spacial score (nSPS) is 18.0. The minimum Gasteiger partial charge on any atom is -0.361 e. The van der Waals surface area contributed by atoms with Crippen molar-refractivity contribution < 1.29 is 4.52 Å². The first-order valence-electron chi connectivity index (χ1n) is 6.16. The molecule has 1 heterocycles. The fourth-order valence-electron chi connectivity index (χ4n) is 2.53. The molecule has 0 radical (unpaired) electrons. The SMILES string of the molecule is Cc1cc(CNC2CCc3cc(Cl)ccc32)no1. The van der Waals surface area contributed by atoms with E-state index < -0.39 is 0 Å². The highest BCUT2D eigenvalue weighted by Gasteiger charge is 2.22. The van der Waals surface area contributed by atoms with E-state index in [-0.39, 0.29) is 0 Å². The van der Waals surface area contributed by atoms with Crippen molar-refractivity contribution in [1.82, 2.24) is 10.5 Å². The lowest BCUT2D eigenvalue weighted by Gasteiger charge is -2.12. The molecular formula is C14H15ClN2O. The summed E-state index contributed by atoms with van der Waals surface area (Å²) in [4.78, 5) is 0. The largest absolute Gasteiger partial charge is 0.361 e. The van der Waals surface area contributed by atoms with Crippen LogP contribution in [0.1, 0.15) is 35.0 Å². The van der Waals surface area contributed by atoms with Gasteiger partial charge in [-0.1, -0.05) is 22.8 Å². The molecule has 1 unspecified atom stereocenters. The summed E-state index contributed by atoms with van der Waals surface area (Å²) < 4.78 is 5.06. The van der Waals surface area contributed by atoms with Gasteiger partial charge in [-0.3, -0.25) is 0 Å². The van der Waals surface area contributed by atoms with Gasteiger partial charge in [0.15, 0.2) is 0 Å². The Morgan fingerprint density at radius 1 is 1.44 bits per heavy atom. The fraction of sp³-hybridized carbons (Fsp3) is 0.357. The highest BCUT2D eigenvalue weighted by atomic mass is 35.5. The number of benzene rings is 1. The van der Waals surface area contributed by atoms with Gasteiger partial charge in [-0.15, -0.1) is 0 Å². The van der Waals surface area contributed by atoms with Gasteiger partial charge >= 0.3 is 0 Å². The number of aryl methyl sites for hydroxylation is 2. The lowest BCUT2D eigenvalue weighted by Crippen LogP contribution is -2.18. The van der Waals surface area contributed by atoms with Gasteiger partial charge in [-0.2, -0.15) is 0 Å². The molecule has 3 nitrogen and oxygen atoms in total. The number of fused-ring (bicyclic) bond motifs is 1. The number of nitrogens with one attached hydrogen (secondary N) is 1. The van der Waals surface area contributed by atoms with Gasteiger partial charge in [0.1, 0.15) is 5.76 Å². The predicted molar refractivity (Wildman–Crippen MR) is 70.6 cm³/mol. The molecule has 0 spiro atoms. The summed E-state index contributed by atoms with van der Waals surface area (Å²) in [5.74, 6) is 0.852. The summed E-state index contributed by atoms with van der Waals surface area (Å²) in [7, 11) is 0. The van der Waals surface area contributed by atoms with E-state index in [2.05, 4.69) is 22.6 Å². The Bertz CT molecular complexity index is 565. The Balaban J connectivity index is 1.69. The molecule has 0 saturated heterocycles. The van der Waals surface area contributed by atoms with Gasteiger partial charge in [0.05, 0.1) is 5.69 Å². The second kappa shape index (κ2) is 4.75. The lowest BCUT2D eigenvalue weighted by molar-refractivity contribution is 0.385. The third-order valence-electron chi connectivity index (χ3n) is 3.39. The van der Waals surface area contributed by atoms with Gasteiger partial charge in [0, 0.05) is 23.7 Å². The molecule has 1 aromatic carbocycles. The van der Waals surface area contributed by atoms with Crippen molar-refractivity contribution in [2.45, 2.75) is 32.4 Å². The van der Waals surface area contributed by atoms with E-state index in [4.69, 9.17) is 16.1 Å². The van der Waals surface area contributed by atoms with E-state index >= 15 is 0 Å². The van der Waals surface area contributed by atoms with Crippen LogP contribution in [0.3, 0.4) is 0 Å². The Morgan fingerprint density at radius 3 is 3.11 bits per heavy atom. The molecule has 1 aliphatic carbocycles. The maximum absolute atomic E-state index is 6.00. The third kappa shape index (κ3) is 2.28. The molecule has 1 N–H and O–H groups in total. The number of aromatic nitrogens is 1. The smallest absolute Gasteiger partial charge is 0.133 e. The molecule has 4 heteroatoms. The molecule has 0 saturated carbocycles. The minimum atomic E-state index is 0.397. The van der Waals surface area contributed by atoms with Gasteiger partial charge < -0.3 is 9.84 Å². The van der Waals surface area contributed by atoms with E-state index in [1.54, 1.807) is 0 Å². The molecule has 1 atom stereocenters. The highest BCUT2D eigenvalue weighted by molar-refractivity contribution is 6.30. The van der Waals surface area contributed by atoms with E-state index in [9.17, 15) is 0 Å². The molecule has 18 heavy (non-hydrogen) atoms. The van der Waals surface area contributed by atoms with Crippen LogP contribution in [0.4, 0.5) is 0 Å². The number of rotatable bonds is 3. The molecule has 1 aliphatic rings. The number of halogens is 1. The zero-order chi connectivity index (χ0) is 12.5. The lowest BCUT2D eigenvalue weighted by atomic mass is 10.1. The van der Waals surface area contributed by atoms with Crippen molar-refractivity contribution in [2.75, 3.05) is 0 Å². The number of hydrogen-bond acceptors (Lipinski definition) is 3. The average Bonchev–Trinajstić information content (AvgIpc) is 2.92. The molecular weight excluding hydrogens is 248 g/mol. The van der Waals surface area contributed by atoms with Gasteiger partial charge in [0.25, 0.3) is 0 Å². The first-order valence-corrected chi connectivity index (χ1v) is 6.54. The van der Waals surface area contributed by atoms with Crippen molar-refractivity contribution in [2.24, 2.45) is 0 Å². The Labute approximate surface area is 111 Å². The topological polar surface area (TPSA) is 38.1 Å². The van der Waals surface area contributed by atoms with E-state index in [1.807, 2.05) is 19.1 Å². The molecule has 1 aromatic heterocycles. The zero-order valence-corrected chi connectivity index (χ0v) is 11.0. The summed E-state index contributed by atoms with van der Waals surface area (Å²) in [5.41, 5.74) is 3.67. The van der Waals surface area contributed by atoms with E-state index in [0.29, 0.717) is 6.04 Å². The Kier molecular flexibility index (Phi) is 3.10. The van der Waals surface area contributed by atoms with Gasteiger partial charge in [0.2, 0.25) is 0 Å². The molecule has 3 rings (SSSR count). The Hall–Kier alpha value is -1.32. The molecule has 2 aromatic rings. The fourth-order valence-corrected chi connectivity index (χ4v) is 2.72. The molecule has 0 amide bonds. The first kappa shape index (κ1) is 11.8. The van der Waals surface area contributed by atoms with Gasteiger partial charge in [-0.25, -0.2) is 0 Å². The predicted octanol–water partition coefficient (Wildman–Crippen LogP) is 3.41. The maximum Gasteiger partial charge on any atom is 0.133 e. The first-order chi connectivity index (χ1) is 8.72. The van der Waals surface area contributed by atoms with Crippen LogP contribution in [0.15, 0.2) is 28.8 Å². The van der Waals surface area contributed by atoms with Crippen molar-refractivity contribution >= 4 is 11.6 Å². The second-order valence-corrected chi connectivity index (χ2v) is 5.18. The number of hydrogen-bond donors (Lipinski definition) is 1. The monoisotopic (exact) mass is 262 g/mol. The summed E-state index contributed by atoms with van der Waals surface area (Å²) in [6.07, 6.45) is 2.21. The molecule has 0 fully saturated rings. The third-order valence-corrected chi connectivity index (χ3v) is 3.62. The van der Waals surface area contributed by atoms with Gasteiger partial charge in [-0.05, 0) is 43.0 Å². The van der Waals surface area contributed by atoms with E-state index in [1.165, 1.54) is 11.1 Å². The van der Waals surface area contributed by atoms with Crippen LogP contribution in [-0.4, -0.2) is 5.16 Å². The second-order valence-electron chi connectivity index (χ2n) is 4.74. The van der Waals surface area contributed by atoms with Crippen LogP contribution < -0.4 is 5.32 Å². The number of nitrogens with zero attached hydrogens (tertiary/aromatic N) is 1. The standard InChI is InChI=1S/C14H15ClN2O/c1-9-6-12(17-18-9)8-16-14-5-2-10-7-11(15)3-4-13(10)14/h3-4,6-7,14,16H,2,5,8H2,1H3. The summed E-state index contributed by atoms with van der Waals surface area (Å²) >= 11 is 6.00. The molecule has 0 aliphatic heterocycles. The highest BCUT2D eigenvalue weighted by Crippen LogP contribution is 2.32. The quantitative estimate of drug-likeness (QED) is 0.921. The minimum absolute atomic E-state index is 0.397. The van der Waals surface area contributed by atoms with Crippen molar-refractivity contribution in [3.63, 3.8) is 0 Å². The van der Waals surface area contributed by atoms with Crippen molar-refractivity contribution in [1.29, 1.82) is 0 Å². The van der Waals surface area contributed by atoms with Crippen LogP contribution in [0.2, 0.25) is 5.02 Å². The molecule has 0 bridgehead atoms. The summed E-state index contributed by atoms with van der Waals surface area (Å²) in [6, 6.07) is 8.51. The van der Waals surface area contributed by atoms with Crippen molar-refractivity contribution in [3.8, 4) is 0 Å². The maximum atomic E-state index is 6.00. The summed E-state index contributed by atoms with van der Waals surface area (Å²) in [6.45, 7) is 2.65. The van der Waals surface area contributed by atoms with Crippen LogP contribution in [0.25, 0.3) is 0 Å². The van der Waals surface area contributed by atoms with Crippen LogP contribution in [0.5, 0.6) is 0 Å². The summed E-state index contributed by atoms with van der Waals surface area (Å²) in [5, 5.41) is 8.33. The van der Waals surface area contributed by atoms with Crippen LogP contribution in [-0.2, 0) is 13.0 Å². The van der Waals surface area contributed by atoms with Crippen LogP contribution in [0, 0.1) is 6.92 Å². The van der Waals surface area contributed by atoms with E-state index in [0.717, 1.165) is 35.9 Å². The Morgan fingerprint density at radius 2 is 2.33 bits per heavy atom. The van der Waals surface area contributed by atoms with Crippen LogP contribution >= 0.6 is 11.6 Å².